The second kappa shape index (κ2) is 8.39. The zero-order valence-corrected chi connectivity index (χ0v) is 18.2. The lowest BCUT2D eigenvalue weighted by Gasteiger charge is -2.41. The molecule has 0 radical (unpaired) electrons. The monoisotopic (exact) mass is 431 g/mol. The molecule has 8 heteroatoms. The number of piperidine rings is 1. The van der Waals surface area contributed by atoms with Crippen molar-refractivity contribution in [2.45, 2.75) is 63.6 Å². The topological polar surface area (TPSA) is 95.7 Å². The van der Waals surface area contributed by atoms with E-state index in [1.54, 1.807) is 16.7 Å². The molecule has 4 atom stereocenters. The van der Waals surface area contributed by atoms with Crippen LogP contribution in [0.5, 0.6) is 0 Å². The normalized spacial score (nSPS) is 25.5. The summed E-state index contributed by atoms with van der Waals surface area (Å²) in [6.45, 7) is 7.15. The molecule has 0 saturated carbocycles. The first-order valence-corrected chi connectivity index (χ1v) is 12.4. The molecule has 2 aromatic rings. The van der Waals surface area contributed by atoms with Crippen molar-refractivity contribution >= 4 is 24.1 Å². The molecule has 2 fully saturated rings. The van der Waals surface area contributed by atoms with Gasteiger partial charge in [-0.2, -0.15) is 0 Å². The molecule has 0 amide bonds. The number of rotatable bonds is 7. The summed E-state index contributed by atoms with van der Waals surface area (Å²) in [7, 11) is -4.76. The fourth-order valence-electron chi connectivity index (χ4n) is 5.35. The number of fused-ring (bicyclic) bond motifs is 3. The molecule has 4 rings (SSSR count). The average molecular weight is 431 g/mol. The number of para-hydroxylation sites is 2. The highest BCUT2D eigenvalue weighted by atomic mass is 31.2. The van der Waals surface area contributed by atoms with E-state index in [1.807, 2.05) is 18.2 Å². The van der Waals surface area contributed by atoms with Gasteiger partial charge in [0.1, 0.15) is 0 Å². The van der Waals surface area contributed by atoms with Gasteiger partial charge in [0.15, 0.2) is 0 Å². The van der Waals surface area contributed by atoms with E-state index in [1.165, 1.54) is 0 Å². The summed E-state index contributed by atoms with van der Waals surface area (Å²) in [5.74, 6) is 0.591. The molecule has 30 heavy (non-hydrogen) atoms. The van der Waals surface area contributed by atoms with Crippen molar-refractivity contribution in [1.82, 2.24) is 14.5 Å². The van der Waals surface area contributed by atoms with Crippen LogP contribution in [0.2, 0.25) is 0 Å². The van der Waals surface area contributed by atoms with Crippen LogP contribution in [0.3, 0.4) is 0 Å². The third-order valence-corrected chi connectivity index (χ3v) is 7.67. The average Bonchev–Trinajstić information content (AvgIpc) is 2.93. The molecular weight excluding hydrogens is 401 g/mol. The van der Waals surface area contributed by atoms with Crippen molar-refractivity contribution in [2.24, 2.45) is 5.92 Å². The van der Waals surface area contributed by atoms with Gasteiger partial charge in [0.2, 0.25) is 5.44 Å². The highest BCUT2D eigenvalue weighted by molar-refractivity contribution is 7.59. The van der Waals surface area contributed by atoms with Crippen molar-refractivity contribution in [1.29, 1.82) is 0 Å². The fourth-order valence-corrected chi connectivity index (χ4v) is 5.95. The number of allylic oxidation sites excluding steroid dienone is 1. The molecule has 2 bridgehead atoms. The minimum Gasteiger partial charge on any atom is -0.320 e. The summed E-state index contributed by atoms with van der Waals surface area (Å²) in [5, 5.41) is 0. The maximum absolute atomic E-state index is 13.1. The molecule has 2 N–H and O–H groups in total. The van der Waals surface area contributed by atoms with E-state index < -0.39 is 18.6 Å². The highest BCUT2D eigenvalue weighted by Crippen LogP contribution is 2.42. The lowest BCUT2D eigenvalue weighted by molar-refractivity contribution is 0.0885. The van der Waals surface area contributed by atoms with E-state index in [0.717, 1.165) is 45.1 Å². The third kappa shape index (κ3) is 3.92. The molecule has 1 unspecified atom stereocenters. The standard InChI is InChI=1S/C22H30N3O4P/c1-3-7-15(4-2)14-24-16-10-11-17(24)13-18(12-16)25-20-9-6-5-8-19(20)23-21(22(25)26)30(27,28)29/h3,5-6,8-9,15-18H,1,4,7,10-14H2,2H3,(H2,27,28,29)/t15?,16-,17+,18+. The molecule has 3 heterocycles. The highest BCUT2D eigenvalue weighted by Gasteiger charge is 2.42. The Balaban J connectivity index is 1.70. The summed E-state index contributed by atoms with van der Waals surface area (Å²) in [6.07, 6.45) is 7.96. The molecule has 2 saturated heterocycles. The molecule has 1 aromatic carbocycles. The molecule has 2 aliphatic heterocycles. The minimum atomic E-state index is -4.76. The second-order valence-corrected chi connectivity index (χ2v) is 10.2. The van der Waals surface area contributed by atoms with E-state index in [4.69, 9.17) is 0 Å². The van der Waals surface area contributed by atoms with Gasteiger partial charge in [-0.25, -0.2) is 4.98 Å². The SMILES string of the molecule is C=CCC(CC)CN1[C@@H]2CC[C@H]1C[C@@H](n1c(=O)c(P(=O)(O)O)nc3ccccc31)C2. The van der Waals surface area contributed by atoms with E-state index in [9.17, 15) is 19.1 Å². The molecule has 0 spiro atoms. The molecule has 1 aromatic heterocycles. The van der Waals surface area contributed by atoms with Gasteiger partial charge in [0, 0.05) is 24.7 Å². The van der Waals surface area contributed by atoms with Gasteiger partial charge in [0.05, 0.1) is 11.0 Å². The Hall–Kier alpha value is -1.79. The van der Waals surface area contributed by atoms with Gasteiger partial charge in [-0.3, -0.25) is 14.3 Å². The zero-order valence-electron chi connectivity index (χ0n) is 17.4. The maximum Gasteiger partial charge on any atom is 0.380 e. The fraction of sp³-hybridized carbons (Fsp3) is 0.545. The summed E-state index contributed by atoms with van der Waals surface area (Å²) >= 11 is 0. The van der Waals surface area contributed by atoms with Crippen molar-refractivity contribution in [3.8, 4) is 0 Å². The van der Waals surface area contributed by atoms with Gasteiger partial charge < -0.3 is 14.4 Å². The van der Waals surface area contributed by atoms with Gasteiger partial charge >= 0.3 is 7.60 Å². The number of hydrogen-bond donors (Lipinski definition) is 2. The summed E-state index contributed by atoms with van der Waals surface area (Å²) < 4.78 is 13.6. The van der Waals surface area contributed by atoms with Crippen LogP contribution in [0.1, 0.15) is 51.5 Å². The number of nitrogens with zero attached hydrogens (tertiary/aromatic N) is 3. The van der Waals surface area contributed by atoms with E-state index >= 15 is 0 Å². The van der Waals surface area contributed by atoms with Crippen LogP contribution in [0.4, 0.5) is 0 Å². The van der Waals surface area contributed by atoms with E-state index in [0.29, 0.717) is 29.0 Å². The largest absolute Gasteiger partial charge is 0.380 e. The molecule has 162 valence electrons. The summed E-state index contributed by atoms with van der Waals surface area (Å²) in [4.78, 5) is 39.2. The summed E-state index contributed by atoms with van der Waals surface area (Å²) in [5.41, 5.74) is -0.205. The number of hydrogen-bond acceptors (Lipinski definition) is 4. The zero-order chi connectivity index (χ0) is 21.5. The maximum atomic E-state index is 13.1. The Morgan fingerprint density at radius 3 is 2.50 bits per heavy atom. The molecule has 2 aliphatic rings. The first kappa shape index (κ1) is 21.4. The van der Waals surface area contributed by atoms with E-state index in [-0.39, 0.29) is 6.04 Å². The van der Waals surface area contributed by atoms with Gasteiger partial charge in [-0.05, 0) is 50.2 Å². The predicted octanol–water partition coefficient (Wildman–Crippen LogP) is 2.97. The van der Waals surface area contributed by atoms with Crippen LogP contribution in [0, 0.1) is 5.92 Å². The van der Waals surface area contributed by atoms with Gasteiger partial charge in [-0.1, -0.05) is 31.6 Å². The summed E-state index contributed by atoms with van der Waals surface area (Å²) in [6, 6.07) is 7.83. The molecule has 7 nitrogen and oxygen atoms in total. The molecular formula is C22H30N3O4P. The van der Waals surface area contributed by atoms with Crippen molar-refractivity contribution in [3.05, 3.63) is 47.3 Å². The third-order valence-electron chi connectivity index (χ3n) is 6.82. The second-order valence-electron chi connectivity index (χ2n) is 8.65. The minimum absolute atomic E-state index is 0.0797. The first-order valence-electron chi connectivity index (χ1n) is 10.8. The van der Waals surface area contributed by atoms with Crippen molar-refractivity contribution < 1.29 is 14.4 Å². The number of aromatic nitrogens is 2. The smallest absolute Gasteiger partial charge is 0.320 e. The Kier molecular flexibility index (Phi) is 5.99. The Labute approximate surface area is 176 Å². The van der Waals surface area contributed by atoms with Crippen LogP contribution in [0.25, 0.3) is 11.0 Å². The van der Waals surface area contributed by atoms with Crippen LogP contribution >= 0.6 is 7.60 Å². The Bertz CT molecular complexity index is 1030. The van der Waals surface area contributed by atoms with Crippen molar-refractivity contribution in [3.63, 3.8) is 0 Å². The van der Waals surface area contributed by atoms with Gasteiger partial charge in [0.25, 0.3) is 5.56 Å². The van der Waals surface area contributed by atoms with Crippen LogP contribution < -0.4 is 11.0 Å². The Morgan fingerprint density at radius 1 is 1.23 bits per heavy atom. The van der Waals surface area contributed by atoms with Crippen LogP contribution in [0.15, 0.2) is 41.7 Å². The lowest BCUT2D eigenvalue weighted by atomic mass is 9.93. The quantitative estimate of drug-likeness (QED) is 0.517. The van der Waals surface area contributed by atoms with Crippen LogP contribution in [-0.2, 0) is 4.57 Å². The van der Waals surface area contributed by atoms with E-state index in [2.05, 4.69) is 23.4 Å². The number of benzene rings is 1. The predicted molar refractivity (Wildman–Crippen MR) is 118 cm³/mol. The lowest BCUT2D eigenvalue weighted by Crippen LogP contribution is -2.48. The Morgan fingerprint density at radius 2 is 1.90 bits per heavy atom. The first-order chi connectivity index (χ1) is 14.3. The van der Waals surface area contributed by atoms with Crippen LogP contribution in [-0.4, -0.2) is 42.9 Å². The van der Waals surface area contributed by atoms with Gasteiger partial charge in [-0.15, -0.1) is 6.58 Å². The molecule has 0 aliphatic carbocycles. The van der Waals surface area contributed by atoms with Crippen molar-refractivity contribution in [2.75, 3.05) is 6.54 Å².